The highest BCUT2D eigenvalue weighted by molar-refractivity contribution is 6.34. The molecule has 0 N–H and O–H groups in total. The van der Waals surface area contributed by atoms with Gasteiger partial charge in [0.25, 0.3) is 0 Å². The zero-order valence-electron chi connectivity index (χ0n) is 20.7. The fraction of sp³-hybridized carbons (Fsp3) is 0.385. The Hall–Kier alpha value is -2.95. The number of carbonyl (C=O) groups is 1. The smallest absolute Gasteiger partial charge is 0.340 e. The van der Waals surface area contributed by atoms with Gasteiger partial charge in [0.15, 0.2) is 5.71 Å². The Bertz CT molecular complexity index is 1290. The minimum atomic E-state index is -4.94. The van der Waals surface area contributed by atoms with Gasteiger partial charge < -0.3 is 4.74 Å². The highest BCUT2D eigenvalue weighted by atomic mass is 35.7. The Balaban J connectivity index is 0.000000214. The molecule has 2 aliphatic heterocycles. The van der Waals surface area contributed by atoms with E-state index in [0.29, 0.717) is 12.2 Å². The number of esters is 1. The van der Waals surface area contributed by atoms with Crippen molar-refractivity contribution in [1.29, 1.82) is 0 Å². The van der Waals surface area contributed by atoms with Crippen LogP contribution in [0.4, 0.5) is 5.69 Å². The van der Waals surface area contributed by atoms with Crippen molar-refractivity contribution in [1.82, 2.24) is 4.98 Å². The number of fused-ring (bicyclic) bond motifs is 4. The summed E-state index contributed by atoms with van der Waals surface area (Å²) in [5.74, 6) is -0.316. The molecule has 3 heterocycles. The van der Waals surface area contributed by atoms with Crippen LogP contribution < -0.4 is 29.1 Å². The average molecular weight is 516 g/mol. The van der Waals surface area contributed by atoms with E-state index in [9.17, 15) is 4.79 Å². The first-order valence-corrected chi connectivity index (χ1v) is 13.1. The summed E-state index contributed by atoms with van der Waals surface area (Å²) in [5.41, 5.74) is 6.33. The SMILES string of the molecule is CCC1=[N+](C)CCCC1.CCOC(=O)C1=c2c(ccc3c2=Cc2cccnc2C3)N=C1.[O-][Cl+3]([O-])([O-])[O-]. The Kier molecular flexibility index (Phi) is 9.47. The van der Waals surface area contributed by atoms with E-state index in [1.54, 1.807) is 18.9 Å². The number of halogens is 1. The molecule has 3 aliphatic rings. The van der Waals surface area contributed by atoms with E-state index in [-0.39, 0.29) is 5.97 Å². The molecule has 0 radical (unpaired) electrons. The van der Waals surface area contributed by atoms with Gasteiger partial charge in [0.1, 0.15) is 13.6 Å². The van der Waals surface area contributed by atoms with Crippen LogP contribution in [-0.4, -0.2) is 47.7 Å². The van der Waals surface area contributed by atoms with Crippen LogP contribution in [0, 0.1) is 10.2 Å². The summed E-state index contributed by atoms with van der Waals surface area (Å²) in [6, 6.07) is 7.99. The zero-order chi connectivity index (χ0) is 26.3. The third-order valence-electron chi connectivity index (χ3n) is 6.15. The second kappa shape index (κ2) is 12.3. The predicted octanol–water partition coefficient (Wildman–Crippen LogP) is -1.85. The molecular weight excluding hydrogens is 486 g/mol. The third-order valence-corrected chi connectivity index (χ3v) is 6.15. The molecule has 192 valence electrons. The van der Waals surface area contributed by atoms with Crippen LogP contribution in [0.25, 0.3) is 11.6 Å². The van der Waals surface area contributed by atoms with Crippen LogP contribution >= 0.6 is 0 Å². The Morgan fingerprint density at radius 1 is 1.14 bits per heavy atom. The first-order chi connectivity index (χ1) is 17.1. The van der Waals surface area contributed by atoms with E-state index >= 15 is 0 Å². The topological polar surface area (TPSA) is 147 Å². The van der Waals surface area contributed by atoms with Gasteiger partial charge in [0.2, 0.25) is 0 Å². The minimum absolute atomic E-state index is 0.316. The largest absolute Gasteiger partial charge is 0.462 e. The molecule has 9 nitrogen and oxygen atoms in total. The van der Waals surface area contributed by atoms with Crippen molar-refractivity contribution >= 4 is 35.2 Å². The lowest BCUT2D eigenvalue weighted by molar-refractivity contribution is -2.00. The maximum absolute atomic E-state index is 12.2. The molecule has 10 heteroatoms. The second-order valence-corrected chi connectivity index (χ2v) is 9.22. The van der Waals surface area contributed by atoms with E-state index in [4.69, 9.17) is 23.4 Å². The summed E-state index contributed by atoms with van der Waals surface area (Å²) >= 11 is 0. The fourth-order valence-corrected chi connectivity index (χ4v) is 4.46. The second-order valence-electron chi connectivity index (χ2n) is 8.46. The van der Waals surface area contributed by atoms with Gasteiger partial charge >= 0.3 is 5.97 Å². The maximum atomic E-state index is 12.2. The molecule has 1 aromatic carbocycles. The summed E-state index contributed by atoms with van der Waals surface area (Å²) < 4.78 is 41.5. The molecule has 0 amide bonds. The molecule has 0 fully saturated rings. The van der Waals surface area contributed by atoms with Crippen LogP contribution in [0.1, 0.15) is 56.4 Å². The van der Waals surface area contributed by atoms with Gasteiger partial charge in [-0.2, -0.15) is 0 Å². The molecule has 0 spiro atoms. The van der Waals surface area contributed by atoms with E-state index < -0.39 is 10.2 Å². The molecule has 0 saturated carbocycles. The standard InChI is InChI=1S/C18H14N2O2.C8H16N.ClHO4/c1-2-22-18(21)14-10-20-15-6-5-11-9-16-12(4-3-7-19-16)8-13(11)17(14)15;1-3-8-6-4-5-7-9(8)2;2-1(3,4)5/h3-8,10H,2,9H2,1H3;3-7H2,1-2H3;(H,2,3,4,5)/q;+1;/p-1. The Morgan fingerprint density at radius 2 is 1.89 bits per heavy atom. The summed E-state index contributed by atoms with van der Waals surface area (Å²) in [5, 5.41) is 1.93. The summed E-state index contributed by atoms with van der Waals surface area (Å²) in [4.78, 5) is 20.9. The number of carbonyl (C=O) groups excluding carboxylic acids is 1. The van der Waals surface area contributed by atoms with E-state index in [1.807, 2.05) is 24.4 Å². The minimum Gasteiger partial charge on any atom is -0.462 e. The van der Waals surface area contributed by atoms with Gasteiger partial charge in [-0.1, -0.05) is 19.1 Å². The molecular formula is C26H30ClN3O6. The van der Waals surface area contributed by atoms with Crippen LogP contribution in [0.15, 0.2) is 35.5 Å². The van der Waals surface area contributed by atoms with Crippen molar-refractivity contribution < 1.29 is 43.0 Å². The number of hydrogen-bond donors (Lipinski definition) is 0. The highest BCUT2D eigenvalue weighted by Crippen LogP contribution is 2.18. The lowest BCUT2D eigenvalue weighted by Crippen LogP contribution is -2.68. The van der Waals surface area contributed by atoms with Gasteiger partial charge in [-0.3, -0.25) is 9.98 Å². The van der Waals surface area contributed by atoms with Crippen molar-refractivity contribution in [2.24, 2.45) is 4.99 Å². The number of benzene rings is 1. The van der Waals surface area contributed by atoms with Crippen molar-refractivity contribution in [2.45, 2.75) is 46.0 Å². The number of aromatic nitrogens is 1. The van der Waals surface area contributed by atoms with Crippen molar-refractivity contribution in [3.05, 3.63) is 57.7 Å². The van der Waals surface area contributed by atoms with Crippen LogP contribution in [0.2, 0.25) is 0 Å². The lowest BCUT2D eigenvalue weighted by Gasteiger charge is -2.17. The molecule has 5 rings (SSSR count). The summed E-state index contributed by atoms with van der Waals surface area (Å²) in [7, 11) is -2.74. The Morgan fingerprint density at radius 3 is 2.53 bits per heavy atom. The number of nitrogens with zero attached hydrogens (tertiary/aromatic N) is 3. The number of ether oxygens (including phenoxy) is 1. The zero-order valence-corrected chi connectivity index (χ0v) is 21.4. The summed E-state index contributed by atoms with van der Waals surface area (Å²) in [6.45, 7) is 5.69. The van der Waals surface area contributed by atoms with Gasteiger partial charge in [-0.05, 0) is 47.9 Å². The van der Waals surface area contributed by atoms with Crippen LogP contribution in [-0.2, 0) is 16.0 Å². The molecule has 0 unspecified atom stereocenters. The van der Waals surface area contributed by atoms with Gasteiger partial charge in [0, 0.05) is 43.3 Å². The average Bonchev–Trinajstić information content (AvgIpc) is 3.28. The van der Waals surface area contributed by atoms with E-state index in [2.05, 4.69) is 40.7 Å². The molecule has 1 aromatic heterocycles. The fourth-order valence-electron chi connectivity index (χ4n) is 4.46. The molecule has 0 saturated heterocycles. The number of pyridine rings is 1. The normalized spacial score (nSPS) is 15.4. The quantitative estimate of drug-likeness (QED) is 0.294. The maximum Gasteiger partial charge on any atom is 0.340 e. The monoisotopic (exact) mass is 515 g/mol. The molecule has 1 aliphatic carbocycles. The first-order valence-electron chi connectivity index (χ1n) is 11.8. The van der Waals surface area contributed by atoms with Crippen LogP contribution in [0.5, 0.6) is 0 Å². The van der Waals surface area contributed by atoms with Gasteiger partial charge in [-0.25, -0.2) is 28.0 Å². The van der Waals surface area contributed by atoms with Crippen LogP contribution in [0.3, 0.4) is 0 Å². The van der Waals surface area contributed by atoms with Crippen molar-refractivity contribution in [3.8, 4) is 0 Å². The van der Waals surface area contributed by atoms with E-state index in [1.165, 1.54) is 32.2 Å². The Labute approximate surface area is 212 Å². The van der Waals surface area contributed by atoms with Gasteiger partial charge in [-0.15, -0.1) is 10.2 Å². The molecule has 0 bridgehead atoms. The van der Waals surface area contributed by atoms with Crippen molar-refractivity contribution in [2.75, 3.05) is 20.2 Å². The molecule has 36 heavy (non-hydrogen) atoms. The van der Waals surface area contributed by atoms with Crippen molar-refractivity contribution in [3.63, 3.8) is 0 Å². The molecule has 0 atom stereocenters. The lowest BCUT2D eigenvalue weighted by atomic mass is 9.94. The summed E-state index contributed by atoms with van der Waals surface area (Å²) in [6.07, 6.45) is 11.7. The number of hydrogen-bond acceptors (Lipinski definition) is 8. The first kappa shape index (κ1) is 27.6. The molecule has 2 aromatic rings. The third kappa shape index (κ3) is 7.28. The van der Waals surface area contributed by atoms with Gasteiger partial charge in [0.05, 0.1) is 23.6 Å². The highest BCUT2D eigenvalue weighted by Gasteiger charge is 2.20. The number of rotatable bonds is 3. The van der Waals surface area contributed by atoms with E-state index in [0.717, 1.165) is 39.4 Å². The number of aliphatic imine (C=N–C) groups is 1. The predicted molar refractivity (Wildman–Crippen MR) is 125 cm³/mol.